The number of nitrogens with one attached hydrogen (secondary N) is 2. The summed E-state index contributed by atoms with van der Waals surface area (Å²) in [6, 6.07) is 12.8. The molecule has 2 aliphatic rings. The second kappa shape index (κ2) is 6.46. The zero-order valence-corrected chi connectivity index (χ0v) is 12.5. The van der Waals surface area contributed by atoms with Gasteiger partial charge in [-0.15, -0.1) is 0 Å². The second-order valence-corrected chi connectivity index (χ2v) is 6.25. The summed E-state index contributed by atoms with van der Waals surface area (Å²) in [6.07, 6.45) is 2.98. The third-order valence-electron chi connectivity index (χ3n) is 5.02. The van der Waals surface area contributed by atoms with Gasteiger partial charge in [-0.2, -0.15) is 5.26 Å². The Bertz CT molecular complexity index is 481. The summed E-state index contributed by atoms with van der Waals surface area (Å²) in [7, 11) is 0. The number of likely N-dealkylation sites (tertiary alicyclic amines) is 1. The van der Waals surface area contributed by atoms with Gasteiger partial charge in [-0.25, -0.2) is 0 Å². The molecule has 112 valence electrons. The minimum atomic E-state index is 0.218. The van der Waals surface area contributed by atoms with Crippen LogP contribution in [0.1, 0.15) is 19.3 Å². The highest BCUT2D eigenvalue weighted by atomic mass is 15.2. The van der Waals surface area contributed by atoms with Crippen LogP contribution in [-0.2, 0) is 0 Å². The van der Waals surface area contributed by atoms with Gasteiger partial charge in [-0.3, -0.25) is 0 Å². The van der Waals surface area contributed by atoms with Crippen LogP contribution in [-0.4, -0.2) is 43.2 Å². The van der Waals surface area contributed by atoms with Crippen molar-refractivity contribution in [2.45, 2.75) is 24.8 Å². The van der Waals surface area contributed by atoms with Crippen LogP contribution < -0.4 is 10.6 Å². The lowest BCUT2D eigenvalue weighted by atomic mass is 9.73. The fourth-order valence-corrected chi connectivity index (χ4v) is 3.51. The number of para-hydroxylation sites is 1. The highest BCUT2D eigenvalue weighted by Crippen LogP contribution is 2.35. The van der Waals surface area contributed by atoms with Crippen LogP contribution in [0, 0.1) is 17.2 Å². The predicted molar refractivity (Wildman–Crippen MR) is 85.1 cm³/mol. The Morgan fingerprint density at radius 3 is 2.52 bits per heavy atom. The molecule has 0 unspecified atom stereocenters. The molecule has 21 heavy (non-hydrogen) atoms. The maximum atomic E-state index is 8.73. The molecule has 4 nitrogen and oxygen atoms in total. The molecule has 2 fully saturated rings. The summed E-state index contributed by atoms with van der Waals surface area (Å²) >= 11 is 0. The average Bonchev–Trinajstić information content (AvgIpc) is 2.46. The zero-order chi connectivity index (χ0) is 14.5. The van der Waals surface area contributed by atoms with Gasteiger partial charge in [0.15, 0.2) is 0 Å². The Morgan fingerprint density at radius 1 is 1.24 bits per heavy atom. The largest absolute Gasteiger partial charge is 0.379 e. The molecule has 2 N–H and O–H groups in total. The maximum Gasteiger partial charge on any atom is 0.0635 e. The predicted octanol–water partition coefficient (Wildman–Crippen LogP) is 2.07. The molecule has 0 spiro atoms. The SMILES string of the molecule is N#CCCN1CCC(Nc2ccccc2)(C2CNC2)CC1. The van der Waals surface area contributed by atoms with E-state index in [9.17, 15) is 0 Å². The van der Waals surface area contributed by atoms with Crippen LogP contribution in [0.2, 0.25) is 0 Å². The first kappa shape index (κ1) is 14.4. The summed E-state index contributed by atoms with van der Waals surface area (Å²) in [6.45, 7) is 5.35. The van der Waals surface area contributed by atoms with Gasteiger partial charge in [0.25, 0.3) is 0 Å². The Hall–Kier alpha value is -1.57. The highest BCUT2D eigenvalue weighted by molar-refractivity contribution is 5.46. The van der Waals surface area contributed by atoms with Gasteiger partial charge in [-0.1, -0.05) is 18.2 Å². The van der Waals surface area contributed by atoms with Crippen molar-refractivity contribution in [2.75, 3.05) is 38.0 Å². The van der Waals surface area contributed by atoms with Crippen molar-refractivity contribution >= 4 is 5.69 Å². The molecule has 2 heterocycles. The van der Waals surface area contributed by atoms with Gasteiger partial charge in [0.05, 0.1) is 6.07 Å². The molecular weight excluding hydrogens is 260 g/mol. The van der Waals surface area contributed by atoms with Crippen molar-refractivity contribution in [2.24, 2.45) is 5.92 Å². The Labute approximate surface area is 127 Å². The third kappa shape index (κ3) is 3.20. The fraction of sp³-hybridized carbons (Fsp3) is 0.588. The van der Waals surface area contributed by atoms with E-state index in [2.05, 4.69) is 51.9 Å². The minimum Gasteiger partial charge on any atom is -0.379 e. The van der Waals surface area contributed by atoms with E-state index in [1.165, 1.54) is 18.5 Å². The number of rotatable bonds is 5. The molecule has 0 radical (unpaired) electrons. The first-order chi connectivity index (χ1) is 10.3. The summed E-state index contributed by atoms with van der Waals surface area (Å²) in [4.78, 5) is 2.43. The summed E-state index contributed by atoms with van der Waals surface area (Å²) in [5.41, 5.74) is 1.45. The van der Waals surface area contributed by atoms with Crippen molar-refractivity contribution in [3.63, 3.8) is 0 Å². The molecule has 3 rings (SSSR count). The Balaban J connectivity index is 1.67. The number of hydrogen-bond acceptors (Lipinski definition) is 4. The normalized spacial score (nSPS) is 22.2. The van der Waals surface area contributed by atoms with Crippen molar-refractivity contribution in [1.29, 1.82) is 5.26 Å². The van der Waals surface area contributed by atoms with E-state index < -0.39 is 0 Å². The first-order valence-corrected chi connectivity index (χ1v) is 7.96. The molecule has 1 aromatic rings. The van der Waals surface area contributed by atoms with Gasteiger partial charge < -0.3 is 15.5 Å². The maximum absolute atomic E-state index is 8.73. The van der Waals surface area contributed by atoms with Crippen LogP contribution >= 0.6 is 0 Å². The lowest BCUT2D eigenvalue weighted by molar-refractivity contribution is 0.107. The van der Waals surface area contributed by atoms with Gasteiger partial charge in [0.1, 0.15) is 0 Å². The number of benzene rings is 1. The zero-order valence-electron chi connectivity index (χ0n) is 12.5. The molecule has 0 amide bonds. The van der Waals surface area contributed by atoms with Crippen molar-refractivity contribution in [3.05, 3.63) is 30.3 Å². The van der Waals surface area contributed by atoms with Crippen molar-refractivity contribution in [3.8, 4) is 6.07 Å². The molecule has 0 aliphatic carbocycles. The average molecular weight is 284 g/mol. The van der Waals surface area contributed by atoms with Gasteiger partial charge in [0.2, 0.25) is 0 Å². The Kier molecular flexibility index (Phi) is 4.42. The lowest BCUT2D eigenvalue weighted by Gasteiger charge is -2.51. The van der Waals surface area contributed by atoms with Crippen LogP contribution in [0.15, 0.2) is 30.3 Å². The molecule has 4 heteroatoms. The summed E-state index contributed by atoms with van der Waals surface area (Å²) in [5, 5.41) is 16.0. The van der Waals surface area contributed by atoms with Crippen LogP contribution in [0.25, 0.3) is 0 Å². The topological polar surface area (TPSA) is 51.1 Å². The van der Waals surface area contributed by atoms with E-state index in [4.69, 9.17) is 5.26 Å². The van der Waals surface area contributed by atoms with Crippen LogP contribution in [0.4, 0.5) is 5.69 Å². The van der Waals surface area contributed by atoms with Crippen LogP contribution in [0.5, 0.6) is 0 Å². The monoisotopic (exact) mass is 284 g/mol. The van der Waals surface area contributed by atoms with E-state index in [1.54, 1.807) is 0 Å². The third-order valence-corrected chi connectivity index (χ3v) is 5.02. The van der Waals surface area contributed by atoms with E-state index in [-0.39, 0.29) is 5.54 Å². The number of anilines is 1. The molecule has 0 saturated carbocycles. The molecule has 1 aromatic carbocycles. The molecular formula is C17H24N4. The van der Waals surface area contributed by atoms with E-state index >= 15 is 0 Å². The highest BCUT2D eigenvalue weighted by Gasteiger charge is 2.43. The fourth-order valence-electron chi connectivity index (χ4n) is 3.51. The van der Waals surface area contributed by atoms with Crippen LogP contribution in [0.3, 0.4) is 0 Å². The van der Waals surface area contributed by atoms with Crippen molar-refractivity contribution < 1.29 is 0 Å². The first-order valence-electron chi connectivity index (χ1n) is 7.96. The molecule has 2 aliphatic heterocycles. The van der Waals surface area contributed by atoms with E-state index in [0.717, 1.165) is 38.6 Å². The number of nitriles is 1. The summed E-state index contributed by atoms with van der Waals surface area (Å²) < 4.78 is 0. The second-order valence-electron chi connectivity index (χ2n) is 6.25. The van der Waals surface area contributed by atoms with Gasteiger partial charge in [-0.05, 0) is 25.0 Å². The van der Waals surface area contributed by atoms with E-state index in [0.29, 0.717) is 6.42 Å². The van der Waals surface area contributed by atoms with Gasteiger partial charge >= 0.3 is 0 Å². The molecule has 0 bridgehead atoms. The smallest absolute Gasteiger partial charge is 0.0635 e. The van der Waals surface area contributed by atoms with E-state index in [1.807, 2.05) is 0 Å². The van der Waals surface area contributed by atoms with Gasteiger partial charge in [0, 0.05) is 56.3 Å². The molecule has 0 atom stereocenters. The standard InChI is InChI=1S/C17H24N4/c18-9-4-10-21-11-7-17(8-12-21,15-13-19-14-15)20-16-5-2-1-3-6-16/h1-3,5-6,15,19-20H,4,7-8,10-14H2. The summed E-state index contributed by atoms with van der Waals surface area (Å²) in [5.74, 6) is 0.718. The Morgan fingerprint density at radius 2 is 1.95 bits per heavy atom. The number of nitrogens with zero attached hydrogens (tertiary/aromatic N) is 2. The molecule has 2 saturated heterocycles. The number of hydrogen-bond donors (Lipinski definition) is 2. The van der Waals surface area contributed by atoms with Crippen molar-refractivity contribution in [1.82, 2.24) is 10.2 Å². The minimum absolute atomic E-state index is 0.218. The quantitative estimate of drug-likeness (QED) is 0.869. The number of piperidine rings is 1. The lowest BCUT2D eigenvalue weighted by Crippen LogP contribution is -2.63. The molecule has 0 aromatic heterocycles.